The lowest BCUT2D eigenvalue weighted by molar-refractivity contribution is -0.124. The van der Waals surface area contributed by atoms with Crippen LogP contribution < -0.4 is 10.6 Å². The van der Waals surface area contributed by atoms with Crippen LogP contribution in [0.4, 0.5) is 0 Å². The maximum atomic E-state index is 11.8. The number of hydrogen-bond acceptors (Lipinski definition) is 4. The summed E-state index contributed by atoms with van der Waals surface area (Å²) >= 11 is 0. The molecule has 2 atom stereocenters. The van der Waals surface area contributed by atoms with Crippen LogP contribution in [0.15, 0.2) is 0 Å². The number of carbonyl (C=O) groups is 1. The van der Waals surface area contributed by atoms with Gasteiger partial charge >= 0.3 is 0 Å². The second-order valence-corrected chi connectivity index (χ2v) is 6.84. The highest BCUT2D eigenvalue weighted by molar-refractivity contribution is 7.91. The van der Waals surface area contributed by atoms with Crippen molar-refractivity contribution < 1.29 is 13.2 Å². The van der Waals surface area contributed by atoms with Gasteiger partial charge in [-0.3, -0.25) is 4.79 Å². The Bertz CT molecular complexity index is 366. The first kappa shape index (κ1) is 14.7. The van der Waals surface area contributed by atoms with Gasteiger partial charge in [0.05, 0.1) is 17.5 Å². The number of piperidine rings is 1. The third-order valence-corrected chi connectivity index (χ3v) is 4.97. The van der Waals surface area contributed by atoms with E-state index in [-0.39, 0.29) is 41.9 Å². The molecule has 0 aliphatic carbocycles. The first-order valence-electron chi connectivity index (χ1n) is 5.81. The van der Waals surface area contributed by atoms with Gasteiger partial charge in [-0.1, -0.05) is 6.42 Å². The molecule has 0 aromatic carbocycles. The van der Waals surface area contributed by atoms with Gasteiger partial charge in [0.2, 0.25) is 5.91 Å². The van der Waals surface area contributed by atoms with Gasteiger partial charge in [0.1, 0.15) is 0 Å². The summed E-state index contributed by atoms with van der Waals surface area (Å²) in [6.07, 6.45) is 3.59. The van der Waals surface area contributed by atoms with Crippen LogP contribution >= 0.6 is 12.4 Å². The van der Waals surface area contributed by atoms with Gasteiger partial charge in [-0.25, -0.2) is 8.42 Å². The second-order valence-electron chi connectivity index (χ2n) is 4.61. The monoisotopic (exact) mass is 282 g/mol. The highest BCUT2D eigenvalue weighted by atomic mass is 35.5. The lowest BCUT2D eigenvalue weighted by Crippen LogP contribution is -2.49. The molecule has 0 spiro atoms. The number of hydrogen-bond donors (Lipinski definition) is 2. The van der Waals surface area contributed by atoms with E-state index in [0.717, 1.165) is 25.8 Å². The minimum atomic E-state index is -2.91. The van der Waals surface area contributed by atoms with E-state index in [1.54, 1.807) is 0 Å². The van der Waals surface area contributed by atoms with Crippen LogP contribution in [0, 0.1) is 0 Å². The number of sulfone groups is 1. The van der Waals surface area contributed by atoms with Crippen molar-refractivity contribution in [1.82, 2.24) is 10.6 Å². The largest absolute Gasteiger partial charge is 0.351 e. The zero-order chi connectivity index (χ0) is 11.6. The Morgan fingerprint density at radius 1 is 1.24 bits per heavy atom. The molecule has 0 radical (unpaired) electrons. The second kappa shape index (κ2) is 6.02. The maximum absolute atomic E-state index is 11.8. The average Bonchev–Trinajstić information content (AvgIpc) is 2.59. The molecule has 2 heterocycles. The average molecular weight is 283 g/mol. The molecule has 100 valence electrons. The van der Waals surface area contributed by atoms with Crippen LogP contribution in [0.1, 0.15) is 25.7 Å². The normalized spacial score (nSPS) is 31.5. The van der Waals surface area contributed by atoms with Gasteiger partial charge in [0, 0.05) is 6.04 Å². The minimum absolute atomic E-state index is 0. The highest BCUT2D eigenvalue weighted by Gasteiger charge is 2.30. The minimum Gasteiger partial charge on any atom is -0.351 e. The lowest BCUT2D eigenvalue weighted by atomic mass is 10.0. The molecule has 1 unspecified atom stereocenters. The number of rotatable bonds is 2. The standard InChI is InChI=1S/C10H18N2O3S.ClH/c13-10(9-3-1-2-5-11-9)12-8-4-6-16(14,15)7-8;/h8-9,11H,1-7H2,(H,12,13);1H/t8?,9-;/m1./s1. The molecule has 0 aromatic heterocycles. The molecule has 2 fully saturated rings. The van der Waals surface area contributed by atoms with Crippen LogP contribution in [0.5, 0.6) is 0 Å². The van der Waals surface area contributed by atoms with E-state index >= 15 is 0 Å². The third kappa shape index (κ3) is 4.12. The highest BCUT2D eigenvalue weighted by Crippen LogP contribution is 2.13. The van der Waals surface area contributed by atoms with Gasteiger partial charge in [0.25, 0.3) is 0 Å². The van der Waals surface area contributed by atoms with Crippen molar-refractivity contribution in [2.24, 2.45) is 0 Å². The predicted molar refractivity (Wildman–Crippen MR) is 68.1 cm³/mol. The van der Waals surface area contributed by atoms with Crippen molar-refractivity contribution in [2.45, 2.75) is 37.8 Å². The molecule has 0 saturated carbocycles. The Morgan fingerprint density at radius 3 is 2.53 bits per heavy atom. The van der Waals surface area contributed by atoms with Crippen LogP contribution in [0.2, 0.25) is 0 Å². The van der Waals surface area contributed by atoms with Gasteiger partial charge in [-0.15, -0.1) is 12.4 Å². The summed E-state index contributed by atoms with van der Waals surface area (Å²) in [5, 5.41) is 5.98. The molecule has 2 saturated heterocycles. The molecule has 5 nitrogen and oxygen atoms in total. The van der Waals surface area contributed by atoms with Gasteiger partial charge in [0.15, 0.2) is 9.84 Å². The van der Waals surface area contributed by atoms with E-state index in [1.807, 2.05) is 0 Å². The van der Waals surface area contributed by atoms with Gasteiger partial charge < -0.3 is 10.6 Å². The van der Waals surface area contributed by atoms with Crippen molar-refractivity contribution in [3.8, 4) is 0 Å². The Labute approximate surface area is 108 Å². The van der Waals surface area contributed by atoms with Crippen molar-refractivity contribution >= 4 is 28.2 Å². The van der Waals surface area contributed by atoms with Crippen LogP contribution in [0.25, 0.3) is 0 Å². The Hall–Kier alpha value is -0.330. The molecule has 7 heteroatoms. The van der Waals surface area contributed by atoms with Crippen molar-refractivity contribution in [3.63, 3.8) is 0 Å². The third-order valence-electron chi connectivity index (χ3n) is 3.21. The maximum Gasteiger partial charge on any atom is 0.237 e. The first-order chi connectivity index (χ1) is 7.57. The number of halogens is 1. The molecule has 2 aliphatic heterocycles. The number of amides is 1. The summed E-state index contributed by atoms with van der Waals surface area (Å²) in [5.74, 6) is 0.267. The summed E-state index contributed by atoms with van der Waals surface area (Å²) in [6.45, 7) is 0.876. The smallest absolute Gasteiger partial charge is 0.237 e. The van der Waals surface area contributed by atoms with Crippen molar-refractivity contribution in [1.29, 1.82) is 0 Å². The quantitative estimate of drug-likeness (QED) is 0.739. The summed E-state index contributed by atoms with van der Waals surface area (Å²) in [5.41, 5.74) is 0. The van der Waals surface area contributed by atoms with E-state index in [2.05, 4.69) is 10.6 Å². The molecule has 17 heavy (non-hydrogen) atoms. The topological polar surface area (TPSA) is 75.3 Å². The number of nitrogens with one attached hydrogen (secondary N) is 2. The van der Waals surface area contributed by atoms with E-state index in [1.165, 1.54) is 0 Å². The van der Waals surface area contributed by atoms with E-state index in [4.69, 9.17) is 0 Å². The SMILES string of the molecule is Cl.O=C(NC1CCS(=O)(=O)C1)[C@H]1CCCCN1. The molecule has 2 rings (SSSR count). The van der Waals surface area contributed by atoms with Crippen LogP contribution in [-0.4, -0.2) is 44.5 Å². The summed E-state index contributed by atoms with van der Waals surface area (Å²) in [6, 6.07) is -0.307. The summed E-state index contributed by atoms with van der Waals surface area (Å²) in [4.78, 5) is 11.8. The predicted octanol–water partition coefficient (Wildman–Crippen LogP) is -0.146. The van der Waals surface area contributed by atoms with Crippen molar-refractivity contribution in [2.75, 3.05) is 18.1 Å². The molecule has 0 bridgehead atoms. The Kier molecular flexibility index (Phi) is 5.22. The fourth-order valence-corrected chi connectivity index (χ4v) is 3.96. The number of carbonyl (C=O) groups excluding carboxylic acids is 1. The summed E-state index contributed by atoms with van der Waals surface area (Å²) < 4.78 is 22.5. The molecular weight excluding hydrogens is 264 g/mol. The Morgan fingerprint density at radius 2 is 2.00 bits per heavy atom. The van der Waals surface area contributed by atoms with Crippen LogP contribution in [0.3, 0.4) is 0 Å². The zero-order valence-electron chi connectivity index (χ0n) is 9.65. The van der Waals surface area contributed by atoms with Gasteiger partial charge in [-0.2, -0.15) is 0 Å². The molecule has 2 aliphatic rings. The molecule has 1 amide bonds. The molecular formula is C10H19ClN2O3S. The van der Waals surface area contributed by atoms with Crippen molar-refractivity contribution in [3.05, 3.63) is 0 Å². The van der Waals surface area contributed by atoms with E-state index < -0.39 is 9.84 Å². The fourth-order valence-electron chi connectivity index (χ4n) is 2.29. The summed E-state index contributed by atoms with van der Waals surface area (Å²) in [7, 11) is -2.91. The first-order valence-corrected chi connectivity index (χ1v) is 7.63. The molecule has 2 N–H and O–H groups in total. The Balaban J connectivity index is 0.00000144. The fraction of sp³-hybridized carbons (Fsp3) is 0.900. The van der Waals surface area contributed by atoms with Crippen LogP contribution in [-0.2, 0) is 14.6 Å². The van der Waals surface area contributed by atoms with E-state index in [0.29, 0.717) is 6.42 Å². The molecule has 0 aromatic rings. The van der Waals surface area contributed by atoms with E-state index in [9.17, 15) is 13.2 Å². The zero-order valence-corrected chi connectivity index (χ0v) is 11.3. The van der Waals surface area contributed by atoms with Gasteiger partial charge in [-0.05, 0) is 25.8 Å². The lowest BCUT2D eigenvalue weighted by Gasteiger charge is -2.24.